The minimum absolute atomic E-state index is 0.354. The molecule has 2 aromatic rings. The average molecular weight is 166 g/mol. The van der Waals surface area contributed by atoms with Gasteiger partial charge in [0.2, 0.25) is 5.65 Å². The van der Waals surface area contributed by atoms with Crippen LogP contribution in [0.3, 0.4) is 0 Å². The van der Waals surface area contributed by atoms with E-state index in [0.717, 1.165) is 4.73 Å². The van der Waals surface area contributed by atoms with Crippen molar-refractivity contribution in [3.8, 4) is 0 Å². The Balaban J connectivity index is 2.91. The third-order valence-electron chi connectivity index (χ3n) is 1.49. The predicted octanol–water partition coefficient (Wildman–Crippen LogP) is -0.822. The molecule has 0 amide bonds. The van der Waals surface area contributed by atoms with Gasteiger partial charge in [0.05, 0.1) is 6.20 Å². The van der Waals surface area contributed by atoms with E-state index in [0.29, 0.717) is 11.2 Å². The van der Waals surface area contributed by atoms with E-state index in [-0.39, 0.29) is 5.69 Å². The highest BCUT2D eigenvalue weighted by molar-refractivity contribution is 5.68. The summed E-state index contributed by atoms with van der Waals surface area (Å²) in [7, 11) is 1.40. The number of nitrogens with one attached hydrogen (secondary N) is 1. The van der Waals surface area contributed by atoms with E-state index in [9.17, 15) is 4.79 Å². The van der Waals surface area contributed by atoms with E-state index >= 15 is 0 Å². The van der Waals surface area contributed by atoms with E-state index in [1.807, 2.05) is 0 Å². The van der Waals surface area contributed by atoms with E-state index in [1.165, 1.54) is 19.6 Å². The van der Waals surface area contributed by atoms with Crippen LogP contribution >= 0.6 is 0 Å². The zero-order valence-corrected chi connectivity index (χ0v) is 6.31. The fourth-order valence-electron chi connectivity index (χ4n) is 1.00. The van der Waals surface area contributed by atoms with Crippen LogP contribution < -0.4 is 10.5 Å². The van der Waals surface area contributed by atoms with Gasteiger partial charge in [-0.3, -0.25) is 0 Å². The van der Waals surface area contributed by atoms with Gasteiger partial charge in [-0.05, 0) is 0 Å². The summed E-state index contributed by atoms with van der Waals surface area (Å²) in [6.45, 7) is 0. The number of nitrogens with zero attached hydrogens (tertiary/aromatic N) is 3. The summed E-state index contributed by atoms with van der Waals surface area (Å²) in [5, 5.41) is 0. The molecule has 0 radical (unpaired) electrons. The van der Waals surface area contributed by atoms with Crippen LogP contribution in [0.25, 0.3) is 11.2 Å². The SMILES string of the molecule is COn1c(=O)[nH]c2cncnc21. The van der Waals surface area contributed by atoms with Gasteiger partial charge in [-0.2, -0.15) is 0 Å². The maximum Gasteiger partial charge on any atom is 0.361 e. The normalized spacial score (nSPS) is 10.4. The van der Waals surface area contributed by atoms with E-state index in [2.05, 4.69) is 15.0 Å². The number of fused-ring (bicyclic) bond motifs is 1. The van der Waals surface area contributed by atoms with Gasteiger partial charge in [0.25, 0.3) is 0 Å². The standard InChI is InChI=1S/C6H6N4O2/c1-12-10-5-4(9-6(10)11)2-7-3-8-5/h2-3H,1H3,(H,9,11). The minimum Gasteiger partial charge on any atom is -0.411 e. The Hall–Kier alpha value is -1.85. The summed E-state index contributed by atoms with van der Waals surface area (Å²) < 4.78 is 1.07. The van der Waals surface area contributed by atoms with Crippen molar-refractivity contribution < 1.29 is 4.84 Å². The predicted molar refractivity (Wildman–Crippen MR) is 40.7 cm³/mol. The van der Waals surface area contributed by atoms with Gasteiger partial charge < -0.3 is 9.82 Å². The van der Waals surface area contributed by atoms with Crippen molar-refractivity contribution in [2.45, 2.75) is 0 Å². The third-order valence-corrected chi connectivity index (χ3v) is 1.49. The second-order valence-electron chi connectivity index (χ2n) is 2.17. The first-order chi connectivity index (χ1) is 5.83. The molecule has 1 N–H and O–H groups in total. The Kier molecular flexibility index (Phi) is 1.33. The summed E-state index contributed by atoms with van der Waals surface area (Å²) >= 11 is 0. The number of aromatic nitrogens is 4. The topological polar surface area (TPSA) is 72.8 Å². The molecule has 0 saturated carbocycles. The molecule has 12 heavy (non-hydrogen) atoms. The molecular formula is C6H6N4O2. The lowest BCUT2D eigenvalue weighted by atomic mass is 10.6. The van der Waals surface area contributed by atoms with Crippen molar-refractivity contribution >= 4 is 11.2 Å². The van der Waals surface area contributed by atoms with Crippen LogP contribution in [-0.2, 0) is 0 Å². The van der Waals surface area contributed by atoms with Gasteiger partial charge in [0, 0.05) is 0 Å². The average Bonchev–Trinajstić information content (AvgIpc) is 2.40. The zero-order chi connectivity index (χ0) is 8.55. The van der Waals surface area contributed by atoms with Crippen LogP contribution in [0.2, 0.25) is 0 Å². The lowest BCUT2D eigenvalue weighted by Gasteiger charge is -1.95. The number of aromatic amines is 1. The molecule has 0 spiro atoms. The summed E-state index contributed by atoms with van der Waals surface area (Å²) in [5.41, 5.74) is 0.648. The van der Waals surface area contributed by atoms with Gasteiger partial charge in [-0.25, -0.2) is 14.8 Å². The molecule has 6 heteroatoms. The summed E-state index contributed by atoms with van der Waals surface area (Å²) in [6.07, 6.45) is 2.87. The molecule has 6 nitrogen and oxygen atoms in total. The molecule has 0 aliphatic rings. The maximum absolute atomic E-state index is 11.1. The Bertz CT molecular complexity index is 458. The first-order valence-corrected chi connectivity index (χ1v) is 3.28. The molecule has 0 bridgehead atoms. The minimum atomic E-state index is -0.354. The fraction of sp³-hybridized carbons (Fsp3) is 0.167. The fourth-order valence-corrected chi connectivity index (χ4v) is 1.00. The van der Waals surface area contributed by atoms with E-state index in [4.69, 9.17) is 4.84 Å². The molecule has 0 fully saturated rings. The molecule has 0 saturated heterocycles. The van der Waals surface area contributed by atoms with Crippen molar-refractivity contribution in [2.75, 3.05) is 7.11 Å². The largest absolute Gasteiger partial charge is 0.411 e. The van der Waals surface area contributed by atoms with Gasteiger partial charge in [0.1, 0.15) is 19.0 Å². The van der Waals surface area contributed by atoms with E-state index in [1.54, 1.807) is 0 Å². The van der Waals surface area contributed by atoms with Crippen molar-refractivity contribution in [1.82, 2.24) is 19.7 Å². The quantitative estimate of drug-likeness (QED) is 0.600. The molecule has 2 rings (SSSR count). The van der Waals surface area contributed by atoms with Crippen molar-refractivity contribution in [3.63, 3.8) is 0 Å². The zero-order valence-electron chi connectivity index (χ0n) is 6.31. The number of H-pyrrole nitrogens is 1. The van der Waals surface area contributed by atoms with Crippen LogP contribution in [0.15, 0.2) is 17.3 Å². The second-order valence-corrected chi connectivity index (χ2v) is 2.17. The van der Waals surface area contributed by atoms with E-state index < -0.39 is 0 Å². The van der Waals surface area contributed by atoms with Crippen LogP contribution in [0.5, 0.6) is 0 Å². The summed E-state index contributed by atoms with van der Waals surface area (Å²) in [5.74, 6) is 0. The Labute approximate surface area is 66.8 Å². The number of hydrogen-bond acceptors (Lipinski definition) is 4. The molecule has 2 aromatic heterocycles. The molecule has 0 aliphatic carbocycles. The number of hydrogen-bond donors (Lipinski definition) is 1. The van der Waals surface area contributed by atoms with Gasteiger partial charge in [0.15, 0.2) is 0 Å². The van der Waals surface area contributed by atoms with Gasteiger partial charge in [-0.1, -0.05) is 0 Å². The molecule has 0 aromatic carbocycles. The van der Waals surface area contributed by atoms with Crippen molar-refractivity contribution in [1.29, 1.82) is 0 Å². The highest BCUT2D eigenvalue weighted by Gasteiger charge is 2.05. The Morgan fingerprint density at radius 2 is 2.50 bits per heavy atom. The number of imidazole rings is 1. The monoisotopic (exact) mass is 166 g/mol. The molecule has 0 aliphatic heterocycles. The first-order valence-electron chi connectivity index (χ1n) is 3.28. The van der Waals surface area contributed by atoms with Crippen LogP contribution in [0.1, 0.15) is 0 Å². The molecule has 62 valence electrons. The van der Waals surface area contributed by atoms with Crippen LogP contribution in [0.4, 0.5) is 0 Å². The highest BCUT2D eigenvalue weighted by atomic mass is 16.7. The lowest BCUT2D eigenvalue weighted by Crippen LogP contribution is -2.21. The summed E-state index contributed by atoms with van der Waals surface area (Å²) in [6, 6.07) is 0. The third kappa shape index (κ3) is 0.777. The maximum atomic E-state index is 11.1. The second kappa shape index (κ2) is 2.33. The van der Waals surface area contributed by atoms with Crippen molar-refractivity contribution in [3.05, 3.63) is 23.0 Å². The molecule has 2 heterocycles. The molecule has 0 atom stereocenters. The smallest absolute Gasteiger partial charge is 0.361 e. The van der Waals surface area contributed by atoms with Crippen LogP contribution in [-0.4, -0.2) is 26.8 Å². The number of rotatable bonds is 1. The first kappa shape index (κ1) is 6.84. The molecule has 0 unspecified atom stereocenters. The molecular weight excluding hydrogens is 160 g/mol. The Morgan fingerprint density at radius 1 is 1.67 bits per heavy atom. The van der Waals surface area contributed by atoms with Gasteiger partial charge >= 0.3 is 5.69 Å². The Morgan fingerprint density at radius 3 is 3.25 bits per heavy atom. The van der Waals surface area contributed by atoms with Crippen LogP contribution in [0, 0.1) is 0 Å². The highest BCUT2D eigenvalue weighted by Crippen LogP contribution is 2.00. The lowest BCUT2D eigenvalue weighted by molar-refractivity contribution is 0.167. The summed E-state index contributed by atoms with van der Waals surface area (Å²) in [4.78, 5) is 26.0. The van der Waals surface area contributed by atoms with Crippen molar-refractivity contribution in [2.24, 2.45) is 0 Å². The van der Waals surface area contributed by atoms with Gasteiger partial charge in [-0.15, -0.1) is 4.73 Å².